The fourth-order valence-corrected chi connectivity index (χ4v) is 4.99. The summed E-state index contributed by atoms with van der Waals surface area (Å²) in [6.45, 7) is 6.76. The van der Waals surface area contributed by atoms with Gasteiger partial charge in [0.2, 0.25) is 0 Å². The van der Waals surface area contributed by atoms with Gasteiger partial charge in [0.25, 0.3) is 0 Å². The third kappa shape index (κ3) is 10.3. The van der Waals surface area contributed by atoms with Gasteiger partial charge in [-0.25, -0.2) is 4.79 Å². The maximum atomic E-state index is 12.6. The van der Waals surface area contributed by atoms with Crippen LogP contribution in [0.1, 0.15) is 64.7 Å². The van der Waals surface area contributed by atoms with E-state index in [9.17, 15) is 15.0 Å². The molecule has 2 N–H and O–H groups in total. The molecule has 206 valence electrons. The number of rotatable bonds is 4. The minimum Gasteiger partial charge on any atom is -0.456 e. The Morgan fingerprint density at radius 1 is 1.19 bits per heavy atom. The van der Waals surface area contributed by atoms with Crippen LogP contribution in [0.15, 0.2) is 60.3 Å². The van der Waals surface area contributed by atoms with Crippen molar-refractivity contribution in [2.45, 2.75) is 107 Å². The van der Waals surface area contributed by atoms with Gasteiger partial charge in [-0.3, -0.25) is 0 Å². The average molecular weight is 517 g/mol. The van der Waals surface area contributed by atoms with E-state index in [1.807, 2.05) is 24.3 Å². The van der Waals surface area contributed by atoms with Gasteiger partial charge in [0, 0.05) is 13.2 Å². The molecule has 7 heteroatoms. The highest BCUT2D eigenvalue weighted by Gasteiger charge is 2.27. The molecule has 3 aliphatic heterocycles. The molecule has 37 heavy (non-hydrogen) atoms. The SMILES string of the molecule is C=C1CCCC2O[C@@H](C=C[C@@H]2OC)C/C=C\C(=O)OC(C(O)/C=C/C2CC(C)=CCO2)CCCC(O)C1. The molecule has 3 rings (SSSR count). The lowest BCUT2D eigenvalue weighted by Gasteiger charge is -2.31. The summed E-state index contributed by atoms with van der Waals surface area (Å²) in [5.74, 6) is -0.508. The number of hydrogen-bond acceptors (Lipinski definition) is 7. The summed E-state index contributed by atoms with van der Waals surface area (Å²) >= 11 is 0. The first-order valence-corrected chi connectivity index (χ1v) is 13.6. The number of ether oxygens (including phenoxy) is 4. The van der Waals surface area contributed by atoms with Crippen LogP contribution in [0, 0.1) is 0 Å². The Morgan fingerprint density at radius 3 is 2.81 bits per heavy atom. The molecular weight excluding hydrogens is 472 g/mol. The minimum atomic E-state index is -0.971. The predicted molar refractivity (Wildman–Crippen MR) is 143 cm³/mol. The lowest BCUT2D eigenvalue weighted by Crippen LogP contribution is -2.36. The van der Waals surface area contributed by atoms with Gasteiger partial charge in [-0.15, -0.1) is 0 Å². The van der Waals surface area contributed by atoms with E-state index in [1.165, 1.54) is 11.6 Å². The summed E-state index contributed by atoms with van der Waals surface area (Å²) in [6, 6.07) is 0. The molecule has 0 aromatic carbocycles. The van der Waals surface area contributed by atoms with Crippen molar-refractivity contribution in [2.75, 3.05) is 13.7 Å². The number of fused-ring (bicyclic) bond motifs is 2. The quantitative estimate of drug-likeness (QED) is 0.420. The Balaban J connectivity index is 1.67. The second kappa shape index (κ2) is 15.4. The molecule has 0 aromatic heterocycles. The third-order valence-corrected chi connectivity index (χ3v) is 7.13. The normalized spacial score (nSPS) is 34.8. The van der Waals surface area contributed by atoms with Gasteiger partial charge in [0.1, 0.15) is 18.3 Å². The number of aliphatic hydroxyl groups excluding tert-OH is 2. The summed E-state index contributed by atoms with van der Waals surface area (Å²) in [5, 5.41) is 21.4. The van der Waals surface area contributed by atoms with Gasteiger partial charge in [-0.05, 0) is 64.7 Å². The number of aliphatic hydroxyl groups is 2. The molecule has 2 bridgehead atoms. The second-order valence-electron chi connectivity index (χ2n) is 10.3. The molecule has 0 aliphatic carbocycles. The highest BCUT2D eigenvalue weighted by atomic mass is 16.6. The van der Waals surface area contributed by atoms with Gasteiger partial charge in [-0.1, -0.05) is 54.2 Å². The van der Waals surface area contributed by atoms with Crippen LogP contribution in [0.4, 0.5) is 0 Å². The molecule has 3 aliphatic rings. The summed E-state index contributed by atoms with van der Waals surface area (Å²) < 4.78 is 23.1. The largest absolute Gasteiger partial charge is 0.456 e. The highest BCUT2D eigenvalue weighted by Crippen LogP contribution is 2.25. The maximum Gasteiger partial charge on any atom is 0.330 e. The Morgan fingerprint density at radius 2 is 2.03 bits per heavy atom. The van der Waals surface area contributed by atoms with E-state index in [-0.39, 0.29) is 24.4 Å². The Hall–Kier alpha value is -2.03. The molecule has 3 heterocycles. The fraction of sp³-hybridized carbons (Fsp3) is 0.633. The molecule has 7 nitrogen and oxygen atoms in total. The van der Waals surface area contributed by atoms with Crippen LogP contribution >= 0.6 is 0 Å². The highest BCUT2D eigenvalue weighted by molar-refractivity contribution is 5.82. The molecule has 0 amide bonds. The van der Waals surface area contributed by atoms with E-state index in [2.05, 4.69) is 13.5 Å². The second-order valence-corrected chi connectivity index (χ2v) is 10.3. The van der Waals surface area contributed by atoms with Crippen LogP contribution in [-0.2, 0) is 23.7 Å². The van der Waals surface area contributed by atoms with Crippen molar-refractivity contribution in [3.63, 3.8) is 0 Å². The molecule has 0 saturated heterocycles. The van der Waals surface area contributed by atoms with E-state index < -0.39 is 24.3 Å². The van der Waals surface area contributed by atoms with Crippen LogP contribution in [0.3, 0.4) is 0 Å². The average Bonchev–Trinajstić information content (AvgIpc) is 2.86. The number of hydrogen-bond donors (Lipinski definition) is 2. The molecule has 7 atom stereocenters. The van der Waals surface area contributed by atoms with Gasteiger partial charge in [0.05, 0.1) is 31.0 Å². The zero-order valence-electron chi connectivity index (χ0n) is 22.3. The van der Waals surface area contributed by atoms with Crippen molar-refractivity contribution >= 4 is 5.97 Å². The van der Waals surface area contributed by atoms with Gasteiger partial charge in [0.15, 0.2) is 0 Å². The van der Waals surface area contributed by atoms with Crippen molar-refractivity contribution in [3.8, 4) is 0 Å². The number of cyclic esters (lactones) is 1. The zero-order valence-corrected chi connectivity index (χ0v) is 22.3. The molecule has 0 fully saturated rings. The number of methoxy groups -OCH3 is 1. The van der Waals surface area contributed by atoms with Crippen molar-refractivity contribution in [1.29, 1.82) is 0 Å². The Bertz CT molecular complexity index is 858. The molecule has 0 aromatic rings. The van der Waals surface area contributed by atoms with E-state index in [4.69, 9.17) is 18.9 Å². The van der Waals surface area contributed by atoms with E-state index in [0.29, 0.717) is 38.7 Å². The number of carbonyl (C=O) groups is 1. The fourth-order valence-electron chi connectivity index (χ4n) is 4.99. The van der Waals surface area contributed by atoms with Crippen molar-refractivity contribution in [3.05, 3.63) is 60.3 Å². The molecule has 5 unspecified atom stereocenters. The van der Waals surface area contributed by atoms with Gasteiger partial charge < -0.3 is 29.2 Å². The molecular formula is C30H44O7. The van der Waals surface area contributed by atoms with E-state index in [0.717, 1.165) is 31.3 Å². The van der Waals surface area contributed by atoms with Crippen LogP contribution in [0.25, 0.3) is 0 Å². The monoisotopic (exact) mass is 516 g/mol. The maximum absolute atomic E-state index is 12.6. The van der Waals surface area contributed by atoms with Crippen LogP contribution in [-0.4, -0.2) is 72.6 Å². The summed E-state index contributed by atoms with van der Waals surface area (Å²) in [4.78, 5) is 12.6. The van der Waals surface area contributed by atoms with Crippen LogP contribution in [0.2, 0.25) is 0 Å². The first-order valence-electron chi connectivity index (χ1n) is 13.6. The third-order valence-electron chi connectivity index (χ3n) is 7.13. The molecule has 0 radical (unpaired) electrons. The van der Waals surface area contributed by atoms with Gasteiger partial charge >= 0.3 is 5.97 Å². The summed E-state index contributed by atoms with van der Waals surface area (Å²) in [6.07, 6.45) is 16.0. The zero-order chi connectivity index (χ0) is 26.6. The molecule has 0 saturated carbocycles. The van der Waals surface area contributed by atoms with Crippen molar-refractivity contribution in [2.24, 2.45) is 0 Å². The van der Waals surface area contributed by atoms with Gasteiger partial charge in [-0.2, -0.15) is 0 Å². The van der Waals surface area contributed by atoms with Crippen LogP contribution in [0.5, 0.6) is 0 Å². The van der Waals surface area contributed by atoms with Crippen molar-refractivity contribution in [1.82, 2.24) is 0 Å². The van der Waals surface area contributed by atoms with E-state index in [1.54, 1.807) is 19.3 Å². The topological polar surface area (TPSA) is 94.5 Å². The lowest BCUT2D eigenvalue weighted by molar-refractivity contribution is -0.147. The Kier molecular flexibility index (Phi) is 12.3. The summed E-state index contributed by atoms with van der Waals surface area (Å²) in [7, 11) is 1.68. The lowest BCUT2D eigenvalue weighted by atomic mass is 9.96. The Labute approximate surface area is 221 Å². The van der Waals surface area contributed by atoms with Crippen molar-refractivity contribution < 1.29 is 34.0 Å². The first-order chi connectivity index (χ1) is 17.8. The smallest absolute Gasteiger partial charge is 0.330 e. The van der Waals surface area contributed by atoms with Crippen LogP contribution < -0.4 is 0 Å². The van der Waals surface area contributed by atoms with E-state index >= 15 is 0 Å². The molecule has 0 spiro atoms. The standard InChI is InChI=1S/C30H44O7/c1-21-7-4-11-29-28(34-3)16-14-24(36-29)9-6-12-30(33)37-27(10-5-8-23(31)19-21)26(32)15-13-25-20-22(2)17-18-35-25/h6,12-17,23-29,31-32H,1,4-5,7-11,18-20H2,2-3H3/b12-6-,15-13+/t23?,24-,25?,26?,27?,28+,29?/m1/s1. The summed E-state index contributed by atoms with van der Waals surface area (Å²) in [5.41, 5.74) is 2.26. The number of esters is 1. The number of carbonyl (C=O) groups excluding carboxylic acids is 1. The predicted octanol–water partition coefficient (Wildman–Crippen LogP) is 4.50. The minimum absolute atomic E-state index is 0.0734. The first kappa shape index (κ1) is 29.5.